The SMILES string of the molecule is CCN1CCN(C(=O)c2ccccc2)CC(Cc2cccc(-c3cccnc3)c2)C1=O. The van der Waals surface area contributed by atoms with Gasteiger partial charge in [0.2, 0.25) is 5.91 Å². The molecule has 0 aliphatic carbocycles. The minimum atomic E-state index is -0.265. The first-order chi connectivity index (χ1) is 15.2. The molecule has 4 rings (SSSR count). The number of benzene rings is 2. The summed E-state index contributed by atoms with van der Waals surface area (Å²) in [6.45, 7) is 4.20. The van der Waals surface area contributed by atoms with E-state index in [2.05, 4.69) is 23.2 Å². The van der Waals surface area contributed by atoms with E-state index in [4.69, 9.17) is 0 Å². The highest BCUT2D eigenvalue weighted by Crippen LogP contribution is 2.23. The fourth-order valence-corrected chi connectivity index (χ4v) is 4.15. The van der Waals surface area contributed by atoms with Gasteiger partial charge in [-0.05, 0) is 48.2 Å². The van der Waals surface area contributed by atoms with Crippen LogP contribution in [0.15, 0.2) is 79.1 Å². The number of hydrogen-bond acceptors (Lipinski definition) is 3. The largest absolute Gasteiger partial charge is 0.341 e. The molecule has 3 aromatic rings. The zero-order valence-electron chi connectivity index (χ0n) is 17.8. The number of hydrogen-bond donors (Lipinski definition) is 0. The van der Waals surface area contributed by atoms with E-state index in [1.807, 2.05) is 71.5 Å². The fourth-order valence-electron chi connectivity index (χ4n) is 4.15. The summed E-state index contributed by atoms with van der Waals surface area (Å²) in [7, 11) is 0. The first-order valence-corrected chi connectivity index (χ1v) is 10.8. The fraction of sp³-hybridized carbons (Fsp3) is 0.269. The summed E-state index contributed by atoms with van der Waals surface area (Å²) >= 11 is 0. The molecule has 2 amide bonds. The Morgan fingerprint density at radius 1 is 1.00 bits per heavy atom. The molecule has 0 spiro atoms. The van der Waals surface area contributed by atoms with Crippen LogP contribution in [-0.4, -0.2) is 52.8 Å². The number of aromatic nitrogens is 1. The van der Waals surface area contributed by atoms with E-state index in [0.717, 1.165) is 16.7 Å². The van der Waals surface area contributed by atoms with Gasteiger partial charge in [0.1, 0.15) is 0 Å². The lowest BCUT2D eigenvalue weighted by Gasteiger charge is -2.24. The highest BCUT2D eigenvalue weighted by atomic mass is 16.2. The van der Waals surface area contributed by atoms with Crippen molar-refractivity contribution in [1.29, 1.82) is 0 Å². The van der Waals surface area contributed by atoms with Crippen LogP contribution in [0.3, 0.4) is 0 Å². The number of nitrogens with zero attached hydrogens (tertiary/aromatic N) is 3. The summed E-state index contributed by atoms with van der Waals surface area (Å²) in [6, 6.07) is 21.5. The van der Waals surface area contributed by atoms with Crippen LogP contribution in [0.2, 0.25) is 0 Å². The van der Waals surface area contributed by atoms with Crippen molar-refractivity contribution < 1.29 is 9.59 Å². The predicted octanol–water partition coefficient (Wildman–Crippen LogP) is 3.91. The van der Waals surface area contributed by atoms with Crippen LogP contribution in [0.1, 0.15) is 22.8 Å². The third kappa shape index (κ3) is 4.82. The second kappa shape index (κ2) is 9.56. The standard InChI is InChI=1S/C26H27N3O2/c1-2-28-14-15-29(25(30)21-9-4-3-5-10-21)19-24(26(28)31)17-20-8-6-11-22(16-20)23-12-7-13-27-18-23/h3-13,16,18,24H,2,14-15,17,19H2,1H3. The Morgan fingerprint density at radius 2 is 1.81 bits per heavy atom. The van der Waals surface area contributed by atoms with Crippen LogP contribution in [0.4, 0.5) is 0 Å². The van der Waals surface area contributed by atoms with Gasteiger partial charge in [-0.1, -0.05) is 48.5 Å². The smallest absolute Gasteiger partial charge is 0.253 e. The number of rotatable bonds is 5. The summed E-state index contributed by atoms with van der Waals surface area (Å²) in [5.74, 6) is -0.155. The maximum absolute atomic E-state index is 13.2. The highest BCUT2D eigenvalue weighted by molar-refractivity contribution is 5.94. The van der Waals surface area contributed by atoms with Gasteiger partial charge in [0.05, 0.1) is 5.92 Å². The number of carbonyl (C=O) groups excluding carboxylic acids is 2. The third-order valence-electron chi connectivity index (χ3n) is 5.84. The summed E-state index contributed by atoms with van der Waals surface area (Å²) in [5, 5.41) is 0. The van der Waals surface area contributed by atoms with Gasteiger partial charge in [0.25, 0.3) is 5.91 Å². The highest BCUT2D eigenvalue weighted by Gasteiger charge is 2.32. The van der Waals surface area contributed by atoms with Crippen LogP contribution >= 0.6 is 0 Å². The molecule has 1 unspecified atom stereocenters. The first kappa shape index (κ1) is 20.8. The molecule has 1 aliphatic rings. The Balaban J connectivity index is 1.57. The van der Waals surface area contributed by atoms with Crippen molar-refractivity contribution in [2.75, 3.05) is 26.2 Å². The van der Waals surface area contributed by atoms with Gasteiger partial charge in [-0.25, -0.2) is 0 Å². The minimum Gasteiger partial charge on any atom is -0.341 e. The Hall–Kier alpha value is -3.47. The van der Waals surface area contributed by atoms with E-state index < -0.39 is 0 Å². The number of pyridine rings is 1. The molecular weight excluding hydrogens is 386 g/mol. The van der Waals surface area contributed by atoms with Gasteiger partial charge in [-0.3, -0.25) is 14.6 Å². The zero-order valence-corrected chi connectivity index (χ0v) is 17.8. The van der Waals surface area contributed by atoms with Gasteiger partial charge in [0.15, 0.2) is 0 Å². The van der Waals surface area contributed by atoms with Crippen molar-refractivity contribution in [3.8, 4) is 11.1 Å². The monoisotopic (exact) mass is 413 g/mol. The van der Waals surface area contributed by atoms with E-state index in [1.54, 1.807) is 6.20 Å². The number of carbonyl (C=O) groups is 2. The first-order valence-electron chi connectivity index (χ1n) is 10.8. The normalized spacial score (nSPS) is 16.8. The molecule has 5 heteroatoms. The molecule has 0 saturated carbocycles. The maximum Gasteiger partial charge on any atom is 0.253 e. The average molecular weight is 414 g/mol. The van der Waals surface area contributed by atoms with Crippen molar-refractivity contribution in [1.82, 2.24) is 14.8 Å². The Kier molecular flexibility index (Phi) is 6.41. The Labute approximate surface area is 183 Å². The number of amides is 2. The van der Waals surface area contributed by atoms with Gasteiger partial charge >= 0.3 is 0 Å². The van der Waals surface area contributed by atoms with Crippen LogP contribution in [0.25, 0.3) is 11.1 Å². The Morgan fingerprint density at radius 3 is 2.55 bits per heavy atom. The quantitative estimate of drug-likeness (QED) is 0.637. The summed E-state index contributed by atoms with van der Waals surface area (Å²) in [5.41, 5.74) is 3.88. The van der Waals surface area contributed by atoms with Crippen LogP contribution in [0, 0.1) is 5.92 Å². The van der Waals surface area contributed by atoms with Crippen molar-refractivity contribution in [2.45, 2.75) is 13.3 Å². The molecular formula is C26H27N3O2. The van der Waals surface area contributed by atoms with E-state index in [1.165, 1.54) is 0 Å². The predicted molar refractivity (Wildman–Crippen MR) is 121 cm³/mol. The van der Waals surface area contributed by atoms with Gasteiger partial charge in [0, 0.05) is 44.1 Å². The second-order valence-electron chi connectivity index (χ2n) is 7.88. The Bertz CT molecular complexity index is 1040. The van der Waals surface area contributed by atoms with E-state index in [-0.39, 0.29) is 17.7 Å². The van der Waals surface area contributed by atoms with Crippen LogP contribution < -0.4 is 0 Å². The lowest BCUT2D eigenvalue weighted by Crippen LogP contribution is -2.37. The van der Waals surface area contributed by atoms with Crippen molar-refractivity contribution in [3.63, 3.8) is 0 Å². The maximum atomic E-state index is 13.2. The van der Waals surface area contributed by atoms with Crippen LogP contribution in [0.5, 0.6) is 0 Å². The molecule has 2 aromatic carbocycles. The lowest BCUT2D eigenvalue weighted by molar-refractivity contribution is -0.134. The molecule has 0 bridgehead atoms. The number of likely N-dealkylation sites (N-methyl/N-ethyl adjacent to an activating group) is 1. The van der Waals surface area contributed by atoms with E-state index in [0.29, 0.717) is 38.2 Å². The topological polar surface area (TPSA) is 53.5 Å². The molecule has 0 radical (unpaired) electrons. The molecule has 31 heavy (non-hydrogen) atoms. The second-order valence-corrected chi connectivity index (χ2v) is 7.88. The third-order valence-corrected chi connectivity index (χ3v) is 5.84. The molecule has 1 fully saturated rings. The van der Waals surface area contributed by atoms with Gasteiger partial charge < -0.3 is 9.80 Å². The minimum absolute atomic E-state index is 0.0135. The summed E-state index contributed by atoms with van der Waals surface area (Å²) in [6.07, 6.45) is 4.20. The molecule has 2 heterocycles. The van der Waals surface area contributed by atoms with Crippen LogP contribution in [-0.2, 0) is 11.2 Å². The molecule has 0 N–H and O–H groups in total. The molecule has 1 atom stereocenters. The van der Waals surface area contributed by atoms with E-state index >= 15 is 0 Å². The average Bonchev–Trinajstić information content (AvgIpc) is 2.98. The van der Waals surface area contributed by atoms with Crippen molar-refractivity contribution in [3.05, 3.63) is 90.3 Å². The van der Waals surface area contributed by atoms with Gasteiger partial charge in [-0.2, -0.15) is 0 Å². The molecule has 158 valence electrons. The summed E-state index contributed by atoms with van der Waals surface area (Å²) in [4.78, 5) is 34.2. The molecule has 1 aliphatic heterocycles. The lowest BCUT2D eigenvalue weighted by atomic mass is 9.95. The molecule has 1 aromatic heterocycles. The van der Waals surface area contributed by atoms with E-state index in [9.17, 15) is 9.59 Å². The molecule has 1 saturated heterocycles. The van der Waals surface area contributed by atoms with Crippen molar-refractivity contribution >= 4 is 11.8 Å². The molecule has 5 nitrogen and oxygen atoms in total. The van der Waals surface area contributed by atoms with Gasteiger partial charge in [-0.15, -0.1) is 0 Å². The van der Waals surface area contributed by atoms with Crippen molar-refractivity contribution in [2.24, 2.45) is 5.92 Å². The zero-order chi connectivity index (χ0) is 21.6. The summed E-state index contributed by atoms with van der Waals surface area (Å²) < 4.78 is 0.